The Kier molecular flexibility index (Phi) is 7.77. The number of halogens is 3. The van der Waals surface area contributed by atoms with Gasteiger partial charge in [0.25, 0.3) is 11.8 Å². The van der Waals surface area contributed by atoms with Crippen molar-refractivity contribution in [3.63, 3.8) is 0 Å². The van der Waals surface area contributed by atoms with Gasteiger partial charge in [-0.05, 0) is 84.8 Å². The van der Waals surface area contributed by atoms with E-state index in [0.717, 1.165) is 29.0 Å². The number of anilines is 2. The molecule has 0 radical (unpaired) electrons. The van der Waals surface area contributed by atoms with Crippen molar-refractivity contribution in [3.8, 4) is 5.75 Å². The molecule has 3 fully saturated rings. The maximum Gasteiger partial charge on any atom is 0.258 e. The quantitative estimate of drug-likeness (QED) is 0.201. The second kappa shape index (κ2) is 11.6. The van der Waals surface area contributed by atoms with E-state index in [1.807, 2.05) is 25.1 Å². The fourth-order valence-corrected chi connectivity index (χ4v) is 8.76. The van der Waals surface area contributed by atoms with Crippen LogP contribution in [0.5, 0.6) is 5.75 Å². The lowest BCUT2D eigenvalue weighted by molar-refractivity contribution is -0.125. The molecule has 6 unspecified atom stereocenters. The van der Waals surface area contributed by atoms with E-state index in [4.69, 9.17) is 27.9 Å². The summed E-state index contributed by atoms with van der Waals surface area (Å²) in [6, 6.07) is 19.0. The lowest BCUT2D eigenvalue weighted by Crippen LogP contribution is -2.60. The van der Waals surface area contributed by atoms with Crippen LogP contribution in [-0.2, 0) is 25.6 Å². The zero-order valence-corrected chi connectivity index (χ0v) is 26.9. The fraction of sp³-hybridized carbons (Fsp3) is 0.333. The van der Waals surface area contributed by atoms with Crippen LogP contribution in [0.4, 0.5) is 15.8 Å². The average Bonchev–Trinajstić information content (AvgIpc) is 3.42. The summed E-state index contributed by atoms with van der Waals surface area (Å²) in [5, 5.41) is 9.18. The highest BCUT2D eigenvalue weighted by molar-refractivity contribution is 6.58. The summed E-state index contributed by atoms with van der Waals surface area (Å²) in [7, 11) is 0. The Morgan fingerprint density at radius 1 is 0.851 bits per heavy atom. The van der Waals surface area contributed by atoms with E-state index in [-0.39, 0.29) is 43.6 Å². The molecule has 242 valence electrons. The van der Waals surface area contributed by atoms with Gasteiger partial charge in [-0.15, -0.1) is 23.2 Å². The van der Waals surface area contributed by atoms with Gasteiger partial charge in [0.1, 0.15) is 18.2 Å². The van der Waals surface area contributed by atoms with Crippen LogP contribution < -0.4 is 14.5 Å². The lowest BCUT2D eigenvalue weighted by Gasteiger charge is -2.50. The highest BCUT2D eigenvalue weighted by Gasteiger charge is 2.76. The minimum absolute atomic E-state index is 0.0801. The Balaban J connectivity index is 1.35. The van der Waals surface area contributed by atoms with E-state index < -0.39 is 51.1 Å². The number of carbonyl (C=O) groups is 4. The Labute approximate surface area is 280 Å². The summed E-state index contributed by atoms with van der Waals surface area (Å²) < 4.78 is 19.4. The van der Waals surface area contributed by atoms with Gasteiger partial charge in [-0.1, -0.05) is 42.8 Å². The maximum atomic E-state index is 14.4. The highest BCUT2D eigenvalue weighted by Crippen LogP contribution is 2.66. The Hall–Kier alpha value is -4.05. The molecule has 0 spiro atoms. The van der Waals surface area contributed by atoms with Gasteiger partial charge in [0.05, 0.1) is 29.8 Å². The zero-order chi connectivity index (χ0) is 33.2. The summed E-state index contributed by atoms with van der Waals surface area (Å²) >= 11 is 14.8. The first-order valence-electron chi connectivity index (χ1n) is 15.6. The number of rotatable bonds is 7. The summed E-state index contributed by atoms with van der Waals surface area (Å²) in [5.41, 5.74) is 2.87. The van der Waals surface area contributed by atoms with Gasteiger partial charge in [-0.2, -0.15) is 0 Å². The summed E-state index contributed by atoms with van der Waals surface area (Å²) in [5.74, 6) is -5.48. The summed E-state index contributed by atoms with van der Waals surface area (Å²) in [6.45, 7) is 1.92. The van der Waals surface area contributed by atoms with Crippen molar-refractivity contribution < 1.29 is 33.4 Å². The van der Waals surface area contributed by atoms with Crippen molar-refractivity contribution >= 4 is 58.2 Å². The Morgan fingerprint density at radius 3 is 2.13 bits per heavy atom. The van der Waals surface area contributed by atoms with E-state index >= 15 is 0 Å². The molecule has 7 rings (SSSR count). The first-order valence-corrected chi connectivity index (χ1v) is 16.3. The SMILES string of the molecule is CCc1ccc(N2C(=O)C3CC=C4C(CC5(Cl)C(=O)N(c6ccc(F)cc6)C(=O)C5(Cl)C4c4ccc(OCCO)cc4)C3C2=O)cc1. The number of imide groups is 2. The number of nitrogens with zero attached hydrogens (tertiary/aromatic N) is 2. The Bertz CT molecular complexity index is 1810. The lowest BCUT2D eigenvalue weighted by atomic mass is 9.56. The van der Waals surface area contributed by atoms with Gasteiger partial charge in [0.2, 0.25) is 11.8 Å². The molecule has 47 heavy (non-hydrogen) atoms. The summed E-state index contributed by atoms with van der Waals surface area (Å²) in [4.78, 5) is 55.0. The van der Waals surface area contributed by atoms with Crippen LogP contribution in [0.2, 0.25) is 0 Å². The molecule has 11 heteroatoms. The van der Waals surface area contributed by atoms with Crippen molar-refractivity contribution in [3.05, 3.63) is 101 Å². The molecule has 4 amide bonds. The van der Waals surface area contributed by atoms with E-state index in [0.29, 0.717) is 22.6 Å². The topological polar surface area (TPSA) is 104 Å². The number of fused-ring (bicyclic) bond motifs is 4. The molecule has 0 bridgehead atoms. The number of aliphatic hydroxyl groups excluding tert-OH is 1. The van der Waals surface area contributed by atoms with Crippen molar-refractivity contribution in [2.24, 2.45) is 17.8 Å². The summed E-state index contributed by atoms with van der Waals surface area (Å²) in [6.07, 6.45) is 2.76. The van der Waals surface area contributed by atoms with Gasteiger partial charge >= 0.3 is 0 Å². The number of allylic oxidation sites excluding steroid dienone is 2. The van der Waals surface area contributed by atoms with Crippen LogP contribution in [0.25, 0.3) is 0 Å². The number of hydrogen-bond acceptors (Lipinski definition) is 6. The number of ether oxygens (including phenoxy) is 1. The van der Waals surface area contributed by atoms with Crippen molar-refractivity contribution in [2.75, 3.05) is 23.0 Å². The third-order valence-corrected chi connectivity index (χ3v) is 11.5. The zero-order valence-electron chi connectivity index (χ0n) is 25.4. The van der Waals surface area contributed by atoms with Crippen LogP contribution in [0, 0.1) is 23.6 Å². The largest absolute Gasteiger partial charge is 0.491 e. The maximum absolute atomic E-state index is 14.4. The fourth-order valence-electron chi connectivity index (χ4n) is 7.83. The van der Waals surface area contributed by atoms with Crippen LogP contribution in [0.1, 0.15) is 36.8 Å². The van der Waals surface area contributed by atoms with Gasteiger partial charge < -0.3 is 9.84 Å². The third-order valence-electron chi connectivity index (χ3n) is 10.1. The number of amides is 4. The standard InChI is InChI=1S/C36H31Cl2FN2O6/c1-2-20-3-9-23(10-4-20)40-31(43)27-16-15-26-28(29(27)32(40)44)19-35(37)33(45)41(24-11-7-22(39)8-12-24)34(46)36(35,38)30(26)21-5-13-25(14-6-21)47-18-17-42/h3-15,27-30,42H,2,16-19H2,1H3. The number of carbonyl (C=O) groups excluding carboxylic acids is 4. The number of hydrogen-bond donors (Lipinski definition) is 1. The van der Waals surface area contributed by atoms with Crippen molar-refractivity contribution in [2.45, 2.75) is 41.9 Å². The molecule has 4 aliphatic rings. The molecule has 2 aliphatic carbocycles. The van der Waals surface area contributed by atoms with Crippen LogP contribution in [0.3, 0.4) is 0 Å². The highest BCUT2D eigenvalue weighted by atomic mass is 35.5. The van der Waals surface area contributed by atoms with E-state index in [2.05, 4.69) is 0 Å². The van der Waals surface area contributed by atoms with Crippen LogP contribution in [0.15, 0.2) is 84.4 Å². The van der Waals surface area contributed by atoms with Crippen LogP contribution in [-0.4, -0.2) is 51.7 Å². The number of aryl methyl sites for hydroxylation is 1. The molecule has 2 aliphatic heterocycles. The predicted octanol–water partition coefficient (Wildman–Crippen LogP) is 5.53. The molecular weight excluding hydrogens is 646 g/mol. The van der Waals surface area contributed by atoms with E-state index in [9.17, 15) is 28.7 Å². The Morgan fingerprint density at radius 2 is 1.49 bits per heavy atom. The molecule has 0 aromatic heterocycles. The number of aliphatic hydroxyl groups is 1. The van der Waals surface area contributed by atoms with Gasteiger partial charge in [0, 0.05) is 5.92 Å². The van der Waals surface area contributed by atoms with Crippen molar-refractivity contribution in [1.29, 1.82) is 0 Å². The molecule has 1 saturated carbocycles. The monoisotopic (exact) mass is 676 g/mol. The van der Waals surface area contributed by atoms with Gasteiger partial charge in [0.15, 0.2) is 9.75 Å². The first-order chi connectivity index (χ1) is 22.5. The second-order valence-electron chi connectivity index (χ2n) is 12.4. The van der Waals surface area contributed by atoms with Gasteiger partial charge in [-0.25, -0.2) is 9.29 Å². The molecule has 3 aromatic carbocycles. The van der Waals surface area contributed by atoms with Crippen LogP contribution >= 0.6 is 23.2 Å². The van der Waals surface area contributed by atoms with Crippen molar-refractivity contribution in [1.82, 2.24) is 0 Å². The van der Waals surface area contributed by atoms with Gasteiger partial charge in [-0.3, -0.25) is 24.1 Å². The second-order valence-corrected chi connectivity index (χ2v) is 13.7. The first kappa shape index (κ1) is 31.5. The normalized spacial score (nSPS) is 29.9. The molecule has 2 heterocycles. The van der Waals surface area contributed by atoms with E-state index in [1.165, 1.54) is 17.0 Å². The number of alkyl halides is 2. The average molecular weight is 678 g/mol. The molecule has 8 nitrogen and oxygen atoms in total. The minimum atomic E-state index is -2.02. The smallest absolute Gasteiger partial charge is 0.258 e. The predicted molar refractivity (Wildman–Crippen MR) is 174 cm³/mol. The molecule has 2 saturated heterocycles. The molecule has 6 atom stereocenters. The van der Waals surface area contributed by atoms with E-state index in [1.54, 1.807) is 36.4 Å². The molecule has 3 aromatic rings. The molecule has 1 N–H and O–H groups in total. The minimum Gasteiger partial charge on any atom is -0.491 e. The molecular formula is C36H31Cl2FN2O6. The number of benzene rings is 3. The third kappa shape index (κ3) is 4.58.